The summed E-state index contributed by atoms with van der Waals surface area (Å²) in [5.74, 6) is 0.0530. The predicted molar refractivity (Wildman–Crippen MR) is 80.8 cm³/mol. The molecule has 5 nitrogen and oxygen atoms in total. The van der Waals surface area contributed by atoms with E-state index in [9.17, 15) is 4.79 Å². The van der Waals surface area contributed by atoms with E-state index < -0.39 is 0 Å². The highest BCUT2D eigenvalue weighted by molar-refractivity contribution is 5.93. The van der Waals surface area contributed by atoms with E-state index in [0.717, 1.165) is 17.1 Å². The number of amides is 1. The highest BCUT2D eigenvalue weighted by Gasteiger charge is 2.20. The highest BCUT2D eigenvalue weighted by Crippen LogP contribution is 2.22. The molecule has 1 aliphatic carbocycles. The summed E-state index contributed by atoms with van der Waals surface area (Å²) >= 11 is 0. The lowest BCUT2D eigenvalue weighted by atomic mass is 9.94. The minimum Gasteiger partial charge on any atom is -0.322 e. The molecule has 2 rings (SSSR count). The molecule has 0 aliphatic heterocycles. The summed E-state index contributed by atoms with van der Waals surface area (Å²) in [5.41, 5.74) is 2.73. The van der Waals surface area contributed by atoms with Crippen molar-refractivity contribution >= 4 is 11.6 Å². The maximum Gasteiger partial charge on any atom is 0.238 e. The molecule has 1 amide bonds. The van der Waals surface area contributed by atoms with Gasteiger partial charge in [0, 0.05) is 13.1 Å². The smallest absolute Gasteiger partial charge is 0.238 e. The predicted octanol–water partition coefficient (Wildman–Crippen LogP) is 2.24. The number of carbonyl (C=O) groups is 1. The summed E-state index contributed by atoms with van der Waals surface area (Å²) in [4.78, 5) is 14.4. The molecule has 1 fully saturated rings. The molecule has 1 N–H and O–H groups in total. The van der Waals surface area contributed by atoms with Crippen molar-refractivity contribution in [1.29, 1.82) is 0 Å². The SMILES string of the molecule is Cc1nn(C)c(C)c1NC(=O)CN(C)C1CCCCC1. The Bertz CT molecular complexity index is 474. The second kappa shape index (κ2) is 6.39. The number of carbonyl (C=O) groups excluding carboxylic acids is 1. The Morgan fingerprint density at radius 3 is 2.55 bits per heavy atom. The number of likely N-dealkylation sites (N-methyl/N-ethyl adjacent to an activating group) is 1. The van der Waals surface area contributed by atoms with Gasteiger partial charge in [0.2, 0.25) is 5.91 Å². The molecule has 1 aromatic heterocycles. The van der Waals surface area contributed by atoms with Gasteiger partial charge in [0.15, 0.2) is 0 Å². The van der Waals surface area contributed by atoms with E-state index in [4.69, 9.17) is 0 Å². The molecule has 112 valence electrons. The minimum atomic E-state index is 0.0530. The molecule has 1 heterocycles. The van der Waals surface area contributed by atoms with Crippen molar-refractivity contribution in [2.75, 3.05) is 18.9 Å². The van der Waals surface area contributed by atoms with Crippen molar-refractivity contribution < 1.29 is 4.79 Å². The zero-order chi connectivity index (χ0) is 14.7. The first-order valence-electron chi connectivity index (χ1n) is 7.49. The lowest BCUT2D eigenvalue weighted by Crippen LogP contribution is -2.39. The van der Waals surface area contributed by atoms with Crippen LogP contribution in [-0.2, 0) is 11.8 Å². The average Bonchev–Trinajstić information content (AvgIpc) is 2.66. The van der Waals surface area contributed by atoms with Gasteiger partial charge in [-0.1, -0.05) is 19.3 Å². The number of aryl methyl sites for hydroxylation is 2. The first-order chi connectivity index (χ1) is 9.49. The van der Waals surface area contributed by atoms with Gasteiger partial charge in [-0.25, -0.2) is 0 Å². The Morgan fingerprint density at radius 1 is 1.35 bits per heavy atom. The second-order valence-corrected chi connectivity index (χ2v) is 5.92. The Balaban J connectivity index is 1.91. The zero-order valence-electron chi connectivity index (χ0n) is 13.1. The fourth-order valence-electron chi connectivity index (χ4n) is 3.01. The van der Waals surface area contributed by atoms with Crippen LogP contribution in [-0.4, -0.2) is 40.2 Å². The maximum absolute atomic E-state index is 12.2. The van der Waals surface area contributed by atoms with Gasteiger partial charge in [-0.2, -0.15) is 5.10 Å². The summed E-state index contributed by atoms with van der Waals surface area (Å²) in [6, 6.07) is 0.561. The zero-order valence-corrected chi connectivity index (χ0v) is 13.1. The van der Waals surface area contributed by atoms with Gasteiger partial charge >= 0.3 is 0 Å². The molecular weight excluding hydrogens is 252 g/mol. The van der Waals surface area contributed by atoms with E-state index in [1.165, 1.54) is 32.1 Å². The molecule has 1 saturated carbocycles. The number of rotatable bonds is 4. The van der Waals surface area contributed by atoms with Gasteiger partial charge in [0.05, 0.1) is 23.6 Å². The van der Waals surface area contributed by atoms with Gasteiger partial charge < -0.3 is 5.32 Å². The monoisotopic (exact) mass is 278 g/mol. The quantitative estimate of drug-likeness (QED) is 0.919. The van der Waals surface area contributed by atoms with Crippen LogP contribution in [0.25, 0.3) is 0 Å². The van der Waals surface area contributed by atoms with Crippen molar-refractivity contribution in [2.24, 2.45) is 7.05 Å². The Hall–Kier alpha value is -1.36. The summed E-state index contributed by atoms with van der Waals surface area (Å²) in [6.07, 6.45) is 6.35. The Labute approximate surface area is 121 Å². The number of hydrogen-bond donors (Lipinski definition) is 1. The van der Waals surface area contributed by atoms with Crippen LogP contribution in [0, 0.1) is 13.8 Å². The summed E-state index contributed by atoms with van der Waals surface area (Å²) in [6.45, 7) is 4.35. The van der Waals surface area contributed by atoms with E-state index in [2.05, 4.69) is 22.4 Å². The topological polar surface area (TPSA) is 50.2 Å². The molecule has 0 saturated heterocycles. The third-order valence-corrected chi connectivity index (χ3v) is 4.36. The molecule has 0 radical (unpaired) electrons. The van der Waals surface area contributed by atoms with Crippen molar-refractivity contribution in [3.05, 3.63) is 11.4 Å². The first kappa shape index (κ1) is 15.0. The van der Waals surface area contributed by atoms with E-state index in [1.807, 2.05) is 20.9 Å². The first-order valence-corrected chi connectivity index (χ1v) is 7.49. The van der Waals surface area contributed by atoms with Gasteiger partial charge in [-0.15, -0.1) is 0 Å². The fraction of sp³-hybridized carbons (Fsp3) is 0.733. The Morgan fingerprint density at radius 2 is 2.00 bits per heavy atom. The lowest BCUT2D eigenvalue weighted by molar-refractivity contribution is -0.117. The summed E-state index contributed by atoms with van der Waals surface area (Å²) < 4.78 is 1.80. The maximum atomic E-state index is 12.2. The van der Waals surface area contributed by atoms with Crippen LogP contribution in [0.4, 0.5) is 5.69 Å². The van der Waals surface area contributed by atoms with Crippen LogP contribution in [0.15, 0.2) is 0 Å². The molecule has 0 bridgehead atoms. The Kier molecular flexibility index (Phi) is 4.81. The molecule has 0 spiro atoms. The van der Waals surface area contributed by atoms with Gasteiger partial charge in [-0.3, -0.25) is 14.4 Å². The van der Waals surface area contributed by atoms with E-state index in [1.54, 1.807) is 4.68 Å². The van der Waals surface area contributed by atoms with Crippen LogP contribution < -0.4 is 5.32 Å². The van der Waals surface area contributed by atoms with Gasteiger partial charge in [0.25, 0.3) is 0 Å². The highest BCUT2D eigenvalue weighted by atomic mass is 16.2. The average molecular weight is 278 g/mol. The van der Waals surface area contributed by atoms with E-state index in [-0.39, 0.29) is 5.91 Å². The molecule has 0 atom stereocenters. The number of hydrogen-bond acceptors (Lipinski definition) is 3. The fourth-order valence-corrected chi connectivity index (χ4v) is 3.01. The van der Waals surface area contributed by atoms with Gasteiger partial charge in [0.1, 0.15) is 0 Å². The van der Waals surface area contributed by atoms with Crippen LogP contribution in [0.1, 0.15) is 43.5 Å². The number of nitrogens with zero attached hydrogens (tertiary/aromatic N) is 3. The second-order valence-electron chi connectivity index (χ2n) is 5.92. The normalized spacial score (nSPS) is 16.6. The summed E-state index contributed by atoms with van der Waals surface area (Å²) in [5, 5.41) is 7.33. The van der Waals surface area contributed by atoms with Crippen LogP contribution in [0.3, 0.4) is 0 Å². The number of aromatic nitrogens is 2. The minimum absolute atomic E-state index is 0.0530. The van der Waals surface area contributed by atoms with Crippen LogP contribution in [0.2, 0.25) is 0 Å². The van der Waals surface area contributed by atoms with E-state index >= 15 is 0 Å². The van der Waals surface area contributed by atoms with Crippen molar-refractivity contribution in [1.82, 2.24) is 14.7 Å². The van der Waals surface area contributed by atoms with E-state index in [0.29, 0.717) is 12.6 Å². The molecule has 20 heavy (non-hydrogen) atoms. The number of nitrogens with one attached hydrogen (secondary N) is 1. The van der Waals surface area contributed by atoms with Crippen molar-refractivity contribution in [3.8, 4) is 0 Å². The molecule has 0 unspecified atom stereocenters. The third-order valence-electron chi connectivity index (χ3n) is 4.36. The molecule has 0 aromatic carbocycles. The van der Waals surface area contributed by atoms with Crippen molar-refractivity contribution in [2.45, 2.75) is 52.0 Å². The standard InChI is InChI=1S/C15H26N4O/c1-11-15(12(2)19(4)17-11)16-14(20)10-18(3)13-8-6-5-7-9-13/h13H,5-10H2,1-4H3,(H,16,20). The molecule has 1 aromatic rings. The van der Waals surface area contributed by atoms with Crippen LogP contribution >= 0.6 is 0 Å². The molecule has 1 aliphatic rings. The third kappa shape index (κ3) is 3.39. The number of anilines is 1. The largest absolute Gasteiger partial charge is 0.322 e. The van der Waals surface area contributed by atoms with Crippen LogP contribution in [0.5, 0.6) is 0 Å². The molecular formula is C15H26N4O. The summed E-state index contributed by atoms with van der Waals surface area (Å²) in [7, 11) is 3.95. The van der Waals surface area contributed by atoms with Crippen molar-refractivity contribution in [3.63, 3.8) is 0 Å². The lowest BCUT2D eigenvalue weighted by Gasteiger charge is -2.30. The van der Waals surface area contributed by atoms with Gasteiger partial charge in [-0.05, 0) is 33.7 Å². The molecule has 5 heteroatoms.